The number of alkyl halides is 4. The summed E-state index contributed by atoms with van der Waals surface area (Å²) in [5.74, 6) is 0.789. The van der Waals surface area contributed by atoms with Gasteiger partial charge in [-0.15, -0.1) is 11.6 Å². The van der Waals surface area contributed by atoms with E-state index in [1.807, 2.05) is 6.92 Å². The highest BCUT2D eigenvalue weighted by molar-refractivity contribution is 6.18. The lowest BCUT2D eigenvalue weighted by atomic mass is 9.97. The zero-order valence-electron chi connectivity index (χ0n) is 9.24. The zero-order chi connectivity index (χ0) is 12.3. The second-order valence-electron chi connectivity index (χ2n) is 4.10. The zero-order valence-corrected chi connectivity index (χ0v) is 9.99. The smallest absolute Gasteiger partial charge is 0.166 e. The molecule has 1 atom stereocenters. The summed E-state index contributed by atoms with van der Waals surface area (Å²) in [6.45, 7) is 3.68. The first-order valence-electron chi connectivity index (χ1n) is 5.07. The molecule has 1 aromatic carbocycles. The van der Waals surface area contributed by atoms with Gasteiger partial charge in [0.25, 0.3) is 0 Å². The maximum absolute atomic E-state index is 12.4. The van der Waals surface area contributed by atoms with E-state index in [0.717, 1.165) is 11.6 Å². The summed E-state index contributed by atoms with van der Waals surface area (Å²) in [7, 11) is 0. The van der Waals surface area contributed by atoms with Gasteiger partial charge in [-0.1, -0.05) is 13.0 Å². The summed E-state index contributed by atoms with van der Waals surface area (Å²) in [4.78, 5) is 0. The fourth-order valence-corrected chi connectivity index (χ4v) is 1.64. The Labute approximate surface area is 98.4 Å². The highest BCUT2D eigenvalue weighted by atomic mass is 35.5. The summed E-state index contributed by atoms with van der Waals surface area (Å²) < 4.78 is 37.2. The number of hydrogen-bond acceptors (Lipinski definition) is 0. The van der Waals surface area contributed by atoms with Crippen LogP contribution in [0.2, 0.25) is 0 Å². The van der Waals surface area contributed by atoms with Crippen molar-refractivity contribution in [2.24, 2.45) is 5.92 Å². The number of rotatable bonds is 3. The van der Waals surface area contributed by atoms with Crippen LogP contribution in [-0.4, -0.2) is 5.88 Å². The molecule has 0 aromatic heterocycles. The molecule has 1 aromatic rings. The van der Waals surface area contributed by atoms with E-state index in [1.54, 1.807) is 13.0 Å². The van der Waals surface area contributed by atoms with Gasteiger partial charge in [-0.3, -0.25) is 0 Å². The van der Waals surface area contributed by atoms with E-state index in [0.29, 0.717) is 17.9 Å². The van der Waals surface area contributed by atoms with Crippen LogP contribution < -0.4 is 0 Å². The molecule has 0 spiro atoms. The lowest BCUT2D eigenvalue weighted by Crippen LogP contribution is -2.07. The standard InChI is InChI=1S/C12H14ClF3/c1-8(7-13)5-10-3-4-11(6-9(10)2)12(14,15)16/h3-4,6,8H,5,7H2,1-2H3. The highest BCUT2D eigenvalue weighted by Gasteiger charge is 2.30. The first kappa shape index (κ1) is 13.4. The van der Waals surface area contributed by atoms with Gasteiger partial charge in [0, 0.05) is 5.88 Å². The Kier molecular flexibility index (Phi) is 4.25. The van der Waals surface area contributed by atoms with Crippen LogP contribution in [0.3, 0.4) is 0 Å². The third-order valence-corrected chi connectivity index (χ3v) is 3.03. The molecule has 0 saturated heterocycles. The summed E-state index contributed by atoms with van der Waals surface area (Å²) >= 11 is 5.68. The van der Waals surface area contributed by atoms with Crippen LogP contribution in [0.25, 0.3) is 0 Å². The van der Waals surface area contributed by atoms with Gasteiger partial charge in [-0.05, 0) is 42.5 Å². The van der Waals surface area contributed by atoms with Crippen LogP contribution in [0, 0.1) is 12.8 Å². The van der Waals surface area contributed by atoms with Gasteiger partial charge < -0.3 is 0 Å². The molecule has 1 rings (SSSR count). The molecule has 4 heteroatoms. The van der Waals surface area contributed by atoms with Gasteiger partial charge in [0.1, 0.15) is 0 Å². The second-order valence-corrected chi connectivity index (χ2v) is 4.41. The van der Waals surface area contributed by atoms with Crippen molar-refractivity contribution in [2.75, 3.05) is 5.88 Å². The lowest BCUT2D eigenvalue weighted by Gasteiger charge is -2.13. The predicted octanol–water partition coefficient (Wildman–Crippen LogP) is 4.43. The van der Waals surface area contributed by atoms with Crippen molar-refractivity contribution in [3.05, 3.63) is 34.9 Å². The van der Waals surface area contributed by atoms with Crippen LogP contribution in [-0.2, 0) is 12.6 Å². The van der Waals surface area contributed by atoms with Crippen molar-refractivity contribution in [3.63, 3.8) is 0 Å². The number of benzene rings is 1. The van der Waals surface area contributed by atoms with Crippen molar-refractivity contribution in [1.29, 1.82) is 0 Å². The quantitative estimate of drug-likeness (QED) is 0.696. The maximum atomic E-state index is 12.4. The Morgan fingerprint density at radius 1 is 1.31 bits per heavy atom. The normalized spacial score (nSPS) is 13.9. The van der Waals surface area contributed by atoms with Gasteiger partial charge in [-0.2, -0.15) is 13.2 Å². The Morgan fingerprint density at radius 2 is 1.94 bits per heavy atom. The molecule has 1 unspecified atom stereocenters. The van der Waals surface area contributed by atoms with Gasteiger partial charge in [0.15, 0.2) is 0 Å². The Hall–Kier alpha value is -0.700. The van der Waals surface area contributed by atoms with Crippen molar-refractivity contribution < 1.29 is 13.2 Å². The van der Waals surface area contributed by atoms with Crippen LogP contribution in [0.5, 0.6) is 0 Å². The Bertz CT molecular complexity index is 358. The van der Waals surface area contributed by atoms with Crippen LogP contribution in [0.15, 0.2) is 18.2 Å². The first-order chi connectivity index (χ1) is 7.34. The number of hydrogen-bond donors (Lipinski definition) is 0. The molecule has 0 amide bonds. The highest BCUT2D eigenvalue weighted by Crippen LogP contribution is 2.30. The maximum Gasteiger partial charge on any atom is 0.416 e. The Balaban J connectivity index is 2.92. The fourth-order valence-electron chi connectivity index (χ4n) is 1.53. The molecular weight excluding hydrogens is 237 g/mol. The third kappa shape index (κ3) is 3.41. The van der Waals surface area contributed by atoms with E-state index in [-0.39, 0.29) is 5.92 Å². The van der Waals surface area contributed by atoms with Crippen LogP contribution in [0.4, 0.5) is 13.2 Å². The third-order valence-electron chi connectivity index (χ3n) is 2.50. The van der Waals surface area contributed by atoms with E-state index in [4.69, 9.17) is 11.6 Å². The van der Waals surface area contributed by atoms with Gasteiger partial charge in [0.2, 0.25) is 0 Å². The average molecular weight is 251 g/mol. The molecule has 0 N–H and O–H groups in total. The molecule has 0 saturated carbocycles. The second kappa shape index (κ2) is 5.09. The van der Waals surface area contributed by atoms with Crippen molar-refractivity contribution in [1.82, 2.24) is 0 Å². The van der Waals surface area contributed by atoms with Crippen molar-refractivity contribution >= 4 is 11.6 Å². The summed E-state index contributed by atoms with van der Waals surface area (Å²) in [6.07, 6.45) is -3.55. The fraction of sp³-hybridized carbons (Fsp3) is 0.500. The minimum atomic E-state index is -4.26. The molecule has 0 radical (unpaired) electrons. The van der Waals surface area contributed by atoms with Gasteiger partial charge in [0.05, 0.1) is 5.56 Å². The molecule has 90 valence electrons. The topological polar surface area (TPSA) is 0 Å². The average Bonchev–Trinajstić information content (AvgIpc) is 2.19. The molecule has 0 heterocycles. The molecule has 0 nitrogen and oxygen atoms in total. The van der Waals surface area contributed by atoms with Gasteiger partial charge in [-0.25, -0.2) is 0 Å². The Morgan fingerprint density at radius 3 is 2.38 bits per heavy atom. The van der Waals surface area contributed by atoms with E-state index in [1.165, 1.54) is 6.07 Å². The van der Waals surface area contributed by atoms with Crippen molar-refractivity contribution in [2.45, 2.75) is 26.4 Å². The molecular formula is C12H14ClF3. The lowest BCUT2D eigenvalue weighted by molar-refractivity contribution is -0.137. The summed E-state index contributed by atoms with van der Waals surface area (Å²) in [6, 6.07) is 3.86. The number of aryl methyl sites for hydroxylation is 1. The van der Waals surface area contributed by atoms with E-state index < -0.39 is 11.7 Å². The predicted molar refractivity (Wildman–Crippen MR) is 59.8 cm³/mol. The summed E-state index contributed by atoms with van der Waals surface area (Å²) in [5, 5.41) is 0. The molecule has 16 heavy (non-hydrogen) atoms. The monoisotopic (exact) mass is 250 g/mol. The van der Waals surface area contributed by atoms with E-state index >= 15 is 0 Å². The largest absolute Gasteiger partial charge is 0.416 e. The minimum Gasteiger partial charge on any atom is -0.166 e. The number of halogens is 4. The SMILES string of the molecule is Cc1cc(C(F)(F)F)ccc1CC(C)CCl. The molecule has 0 bridgehead atoms. The molecule has 0 aliphatic carbocycles. The molecule has 0 aliphatic rings. The first-order valence-corrected chi connectivity index (χ1v) is 5.60. The van der Waals surface area contributed by atoms with Crippen LogP contribution in [0.1, 0.15) is 23.6 Å². The summed E-state index contributed by atoms with van der Waals surface area (Å²) in [5.41, 5.74) is 1.01. The van der Waals surface area contributed by atoms with Gasteiger partial charge >= 0.3 is 6.18 Å². The molecule has 0 fully saturated rings. The minimum absolute atomic E-state index is 0.275. The van der Waals surface area contributed by atoms with Crippen LogP contribution >= 0.6 is 11.6 Å². The van der Waals surface area contributed by atoms with E-state index in [2.05, 4.69) is 0 Å². The van der Waals surface area contributed by atoms with E-state index in [9.17, 15) is 13.2 Å². The van der Waals surface area contributed by atoms with Crippen molar-refractivity contribution in [3.8, 4) is 0 Å². The molecule has 0 aliphatic heterocycles.